The van der Waals surface area contributed by atoms with Gasteiger partial charge in [-0.15, -0.1) is 0 Å². The summed E-state index contributed by atoms with van der Waals surface area (Å²) in [6.45, 7) is 6.25. The van der Waals surface area contributed by atoms with Crippen molar-refractivity contribution < 1.29 is 9.47 Å². The van der Waals surface area contributed by atoms with E-state index in [9.17, 15) is 0 Å². The number of anilines is 1. The molecule has 1 atom stereocenters. The van der Waals surface area contributed by atoms with E-state index in [0.29, 0.717) is 13.2 Å². The van der Waals surface area contributed by atoms with Crippen LogP contribution >= 0.6 is 15.9 Å². The summed E-state index contributed by atoms with van der Waals surface area (Å²) in [7, 11) is 3.42. The number of ether oxygens (including phenoxy) is 2. The molecule has 1 unspecified atom stereocenters. The largest absolute Gasteiger partial charge is 0.383 e. The molecule has 1 aromatic heterocycles. The maximum absolute atomic E-state index is 5.22. The Labute approximate surface area is 117 Å². The number of halogens is 1. The summed E-state index contributed by atoms with van der Waals surface area (Å²) in [5, 5.41) is 0. The van der Waals surface area contributed by atoms with Crippen molar-refractivity contribution in [3.05, 3.63) is 22.3 Å². The highest BCUT2D eigenvalue weighted by atomic mass is 79.9. The van der Waals surface area contributed by atoms with Crippen LogP contribution in [0.1, 0.15) is 12.5 Å². The molecule has 0 radical (unpaired) electrons. The van der Waals surface area contributed by atoms with Crippen molar-refractivity contribution in [1.29, 1.82) is 0 Å². The number of hydrogen-bond donors (Lipinski definition) is 0. The van der Waals surface area contributed by atoms with Crippen molar-refractivity contribution in [3.8, 4) is 0 Å². The average molecular weight is 317 g/mol. The number of pyridine rings is 1. The molecule has 0 spiro atoms. The van der Waals surface area contributed by atoms with Crippen LogP contribution in [0.25, 0.3) is 0 Å². The van der Waals surface area contributed by atoms with Gasteiger partial charge in [0.15, 0.2) is 0 Å². The third-order valence-electron chi connectivity index (χ3n) is 2.71. The van der Waals surface area contributed by atoms with Crippen molar-refractivity contribution in [3.63, 3.8) is 0 Å². The molecule has 0 aliphatic heterocycles. The van der Waals surface area contributed by atoms with Crippen LogP contribution in [0.3, 0.4) is 0 Å². The standard InChI is InChI=1S/C13H21BrN2O2/c1-10-7-12(14)13(15-8-10)16(5-6-17-3)11(2)9-18-4/h7-8,11H,5-6,9H2,1-4H3. The molecule has 0 aromatic carbocycles. The molecule has 0 fully saturated rings. The molecule has 102 valence electrons. The molecule has 1 heterocycles. The van der Waals surface area contributed by atoms with E-state index >= 15 is 0 Å². The fourth-order valence-corrected chi connectivity index (χ4v) is 2.48. The highest BCUT2D eigenvalue weighted by Crippen LogP contribution is 2.26. The van der Waals surface area contributed by atoms with Gasteiger partial charge in [-0.05, 0) is 41.4 Å². The molecule has 18 heavy (non-hydrogen) atoms. The summed E-state index contributed by atoms with van der Waals surface area (Å²) in [5.74, 6) is 0.933. The van der Waals surface area contributed by atoms with Crippen LogP contribution in [0, 0.1) is 6.92 Å². The topological polar surface area (TPSA) is 34.6 Å². The molecule has 1 rings (SSSR count). The molecule has 0 aliphatic rings. The predicted octanol–water partition coefficient (Wildman–Crippen LogP) is 2.64. The Morgan fingerprint density at radius 1 is 1.39 bits per heavy atom. The minimum absolute atomic E-state index is 0.247. The van der Waals surface area contributed by atoms with Crippen molar-refractivity contribution >= 4 is 21.7 Å². The first-order valence-electron chi connectivity index (χ1n) is 5.96. The highest BCUT2D eigenvalue weighted by molar-refractivity contribution is 9.10. The lowest BCUT2D eigenvalue weighted by Gasteiger charge is -2.30. The third-order valence-corrected chi connectivity index (χ3v) is 3.29. The lowest BCUT2D eigenvalue weighted by Crippen LogP contribution is -2.39. The van der Waals surface area contributed by atoms with Gasteiger partial charge in [-0.25, -0.2) is 4.98 Å². The zero-order valence-corrected chi connectivity index (χ0v) is 13.0. The Kier molecular flexibility index (Phi) is 6.60. The summed E-state index contributed by atoms with van der Waals surface area (Å²) >= 11 is 3.57. The molecule has 0 saturated carbocycles. The van der Waals surface area contributed by atoms with Crippen LogP contribution < -0.4 is 4.90 Å². The molecule has 0 saturated heterocycles. The molecule has 0 N–H and O–H groups in total. The zero-order valence-electron chi connectivity index (χ0n) is 11.4. The number of nitrogens with zero attached hydrogens (tertiary/aromatic N) is 2. The van der Waals surface area contributed by atoms with Gasteiger partial charge in [0.25, 0.3) is 0 Å². The lowest BCUT2D eigenvalue weighted by molar-refractivity contribution is 0.170. The first-order valence-corrected chi connectivity index (χ1v) is 6.76. The molecule has 0 bridgehead atoms. The maximum Gasteiger partial charge on any atom is 0.143 e. The van der Waals surface area contributed by atoms with Crippen LogP contribution in [0.2, 0.25) is 0 Å². The molecule has 5 heteroatoms. The number of aryl methyl sites for hydroxylation is 1. The first kappa shape index (κ1) is 15.4. The summed E-state index contributed by atoms with van der Waals surface area (Å²) < 4.78 is 11.4. The Morgan fingerprint density at radius 2 is 2.11 bits per heavy atom. The third kappa shape index (κ3) is 4.23. The van der Waals surface area contributed by atoms with Crippen LogP contribution in [0.5, 0.6) is 0 Å². The molecule has 0 aliphatic carbocycles. The van der Waals surface area contributed by atoms with E-state index in [2.05, 4.69) is 38.8 Å². The smallest absolute Gasteiger partial charge is 0.143 e. The first-order chi connectivity index (χ1) is 8.60. The van der Waals surface area contributed by atoms with E-state index in [1.54, 1.807) is 14.2 Å². The van der Waals surface area contributed by atoms with Crippen LogP contribution in [-0.4, -0.2) is 45.0 Å². The van der Waals surface area contributed by atoms with Gasteiger partial charge < -0.3 is 14.4 Å². The summed E-state index contributed by atoms with van der Waals surface area (Å²) in [6, 6.07) is 2.32. The van der Waals surface area contributed by atoms with Gasteiger partial charge in [-0.3, -0.25) is 0 Å². The molecule has 4 nitrogen and oxygen atoms in total. The molecule has 0 amide bonds. The SMILES string of the molecule is COCCN(c1ncc(C)cc1Br)C(C)COC. The minimum atomic E-state index is 0.247. The van der Waals surface area contributed by atoms with Crippen molar-refractivity contribution in [2.24, 2.45) is 0 Å². The van der Waals surface area contributed by atoms with Gasteiger partial charge in [0, 0.05) is 27.0 Å². The van der Waals surface area contributed by atoms with Gasteiger partial charge in [0.05, 0.1) is 23.7 Å². The van der Waals surface area contributed by atoms with Crippen molar-refractivity contribution in [1.82, 2.24) is 4.98 Å². The minimum Gasteiger partial charge on any atom is -0.383 e. The zero-order chi connectivity index (χ0) is 13.5. The van der Waals surface area contributed by atoms with Gasteiger partial charge in [-0.1, -0.05) is 0 Å². The van der Waals surface area contributed by atoms with E-state index < -0.39 is 0 Å². The van der Waals surface area contributed by atoms with Crippen molar-refractivity contribution in [2.75, 3.05) is 38.9 Å². The average Bonchev–Trinajstić information content (AvgIpc) is 2.32. The Hall–Kier alpha value is -0.650. The second-order valence-electron chi connectivity index (χ2n) is 4.31. The van der Waals surface area contributed by atoms with Crippen molar-refractivity contribution in [2.45, 2.75) is 19.9 Å². The lowest BCUT2D eigenvalue weighted by atomic mass is 10.2. The molecular weight excluding hydrogens is 296 g/mol. The number of methoxy groups -OCH3 is 2. The predicted molar refractivity (Wildman–Crippen MR) is 77.2 cm³/mol. The number of hydrogen-bond acceptors (Lipinski definition) is 4. The fourth-order valence-electron chi connectivity index (χ4n) is 1.79. The number of aromatic nitrogens is 1. The fraction of sp³-hybridized carbons (Fsp3) is 0.615. The molecular formula is C13H21BrN2O2. The van der Waals surface area contributed by atoms with E-state index in [-0.39, 0.29) is 6.04 Å². The maximum atomic E-state index is 5.22. The summed E-state index contributed by atoms with van der Waals surface area (Å²) in [6.07, 6.45) is 1.87. The Bertz CT molecular complexity index is 374. The second kappa shape index (κ2) is 7.71. The van der Waals surface area contributed by atoms with Gasteiger partial charge >= 0.3 is 0 Å². The van der Waals surface area contributed by atoms with E-state index in [0.717, 1.165) is 22.4 Å². The Morgan fingerprint density at radius 3 is 2.67 bits per heavy atom. The molecule has 1 aromatic rings. The van der Waals surface area contributed by atoms with E-state index in [1.165, 1.54) is 0 Å². The van der Waals surface area contributed by atoms with E-state index in [1.807, 2.05) is 13.1 Å². The van der Waals surface area contributed by atoms with Gasteiger partial charge in [-0.2, -0.15) is 0 Å². The monoisotopic (exact) mass is 316 g/mol. The summed E-state index contributed by atoms with van der Waals surface area (Å²) in [4.78, 5) is 6.69. The normalized spacial score (nSPS) is 12.5. The Balaban J connectivity index is 2.93. The van der Waals surface area contributed by atoms with E-state index in [4.69, 9.17) is 9.47 Å². The van der Waals surface area contributed by atoms with Crippen LogP contribution in [0.4, 0.5) is 5.82 Å². The highest BCUT2D eigenvalue weighted by Gasteiger charge is 2.18. The van der Waals surface area contributed by atoms with Gasteiger partial charge in [0.2, 0.25) is 0 Å². The van der Waals surface area contributed by atoms with Crippen LogP contribution in [-0.2, 0) is 9.47 Å². The second-order valence-corrected chi connectivity index (χ2v) is 5.16. The van der Waals surface area contributed by atoms with Gasteiger partial charge in [0.1, 0.15) is 5.82 Å². The summed E-state index contributed by atoms with van der Waals surface area (Å²) in [5.41, 5.74) is 1.14. The van der Waals surface area contributed by atoms with Crippen LogP contribution in [0.15, 0.2) is 16.7 Å². The quantitative estimate of drug-likeness (QED) is 0.774. The number of rotatable bonds is 7.